The molecule has 4 heteroatoms. The van der Waals surface area contributed by atoms with Gasteiger partial charge in [-0.05, 0) is 38.0 Å². The summed E-state index contributed by atoms with van der Waals surface area (Å²) >= 11 is 0. The van der Waals surface area contributed by atoms with E-state index < -0.39 is 0 Å². The van der Waals surface area contributed by atoms with E-state index in [2.05, 4.69) is 13.8 Å². The van der Waals surface area contributed by atoms with Gasteiger partial charge in [-0.1, -0.05) is 46.5 Å². The van der Waals surface area contributed by atoms with Crippen LogP contribution >= 0.6 is 0 Å². The van der Waals surface area contributed by atoms with E-state index in [0.717, 1.165) is 38.5 Å². The Labute approximate surface area is 141 Å². The SMILES string of the molecule is CCCCC(CC)COC(=O)C1CCCC(C(=O)OCCC)C1. The molecule has 0 N–H and O–H groups in total. The van der Waals surface area contributed by atoms with Crippen LogP contribution in [0.2, 0.25) is 0 Å². The Morgan fingerprint density at radius 3 is 2.22 bits per heavy atom. The van der Waals surface area contributed by atoms with Gasteiger partial charge in [0.25, 0.3) is 0 Å². The van der Waals surface area contributed by atoms with Crippen molar-refractivity contribution in [3.8, 4) is 0 Å². The van der Waals surface area contributed by atoms with Gasteiger partial charge in [-0.3, -0.25) is 9.59 Å². The van der Waals surface area contributed by atoms with Crippen LogP contribution in [0.15, 0.2) is 0 Å². The molecule has 0 amide bonds. The molecule has 0 heterocycles. The summed E-state index contributed by atoms with van der Waals surface area (Å²) in [6.45, 7) is 7.31. The van der Waals surface area contributed by atoms with Crippen molar-refractivity contribution in [2.75, 3.05) is 13.2 Å². The molecule has 0 saturated heterocycles. The van der Waals surface area contributed by atoms with Crippen LogP contribution < -0.4 is 0 Å². The fourth-order valence-corrected chi connectivity index (χ4v) is 3.15. The van der Waals surface area contributed by atoms with Gasteiger partial charge in [-0.25, -0.2) is 0 Å². The standard InChI is InChI=1S/C19H34O4/c1-4-7-9-15(6-3)14-23-19(21)17-11-8-10-16(13-17)18(20)22-12-5-2/h15-17H,4-14H2,1-3H3. The van der Waals surface area contributed by atoms with Crippen molar-refractivity contribution >= 4 is 11.9 Å². The van der Waals surface area contributed by atoms with Crippen LogP contribution in [-0.2, 0) is 19.1 Å². The first-order valence-electron chi connectivity index (χ1n) is 9.45. The van der Waals surface area contributed by atoms with Crippen molar-refractivity contribution in [3.63, 3.8) is 0 Å². The largest absolute Gasteiger partial charge is 0.465 e. The van der Waals surface area contributed by atoms with Gasteiger partial charge in [-0.15, -0.1) is 0 Å². The van der Waals surface area contributed by atoms with Crippen LogP contribution in [0.5, 0.6) is 0 Å². The summed E-state index contributed by atoms with van der Waals surface area (Å²) in [5.74, 6) is -0.0546. The minimum Gasteiger partial charge on any atom is -0.465 e. The van der Waals surface area contributed by atoms with Crippen LogP contribution in [0.4, 0.5) is 0 Å². The predicted molar refractivity (Wildman–Crippen MR) is 91.0 cm³/mol. The summed E-state index contributed by atoms with van der Waals surface area (Å²) in [6.07, 6.45) is 8.52. The van der Waals surface area contributed by atoms with E-state index >= 15 is 0 Å². The second kappa shape index (κ2) is 11.5. The molecule has 0 aromatic rings. The van der Waals surface area contributed by atoms with Crippen molar-refractivity contribution < 1.29 is 19.1 Å². The third-order valence-electron chi connectivity index (χ3n) is 4.79. The molecule has 0 aliphatic heterocycles. The maximum Gasteiger partial charge on any atom is 0.308 e. The van der Waals surface area contributed by atoms with Gasteiger partial charge >= 0.3 is 11.9 Å². The lowest BCUT2D eigenvalue weighted by molar-refractivity contribution is -0.155. The normalized spacial score (nSPS) is 22.4. The molecule has 23 heavy (non-hydrogen) atoms. The third kappa shape index (κ3) is 7.36. The maximum absolute atomic E-state index is 12.3. The molecule has 0 aromatic carbocycles. The first-order valence-corrected chi connectivity index (χ1v) is 9.45. The molecule has 0 radical (unpaired) electrons. The summed E-state index contributed by atoms with van der Waals surface area (Å²) < 4.78 is 10.8. The van der Waals surface area contributed by atoms with Crippen molar-refractivity contribution in [1.29, 1.82) is 0 Å². The molecule has 1 fully saturated rings. The van der Waals surface area contributed by atoms with Crippen molar-refractivity contribution in [3.05, 3.63) is 0 Å². The van der Waals surface area contributed by atoms with E-state index in [9.17, 15) is 9.59 Å². The summed E-state index contributed by atoms with van der Waals surface area (Å²) in [5.41, 5.74) is 0. The fourth-order valence-electron chi connectivity index (χ4n) is 3.15. The van der Waals surface area contributed by atoms with Crippen LogP contribution in [0.25, 0.3) is 0 Å². The van der Waals surface area contributed by atoms with E-state index in [1.165, 1.54) is 12.8 Å². The molecule has 0 spiro atoms. The van der Waals surface area contributed by atoms with Crippen molar-refractivity contribution in [2.45, 2.75) is 78.6 Å². The van der Waals surface area contributed by atoms with Gasteiger partial charge in [0.15, 0.2) is 0 Å². The smallest absolute Gasteiger partial charge is 0.308 e. The Morgan fingerprint density at radius 2 is 1.65 bits per heavy atom. The lowest BCUT2D eigenvalue weighted by atomic mass is 9.81. The molecule has 3 unspecified atom stereocenters. The number of hydrogen-bond acceptors (Lipinski definition) is 4. The number of rotatable bonds is 10. The first kappa shape index (κ1) is 20.0. The Hall–Kier alpha value is -1.06. The average molecular weight is 326 g/mol. The van der Waals surface area contributed by atoms with Crippen LogP contribution in [0.3, 0.4) is 0 Å². The van der Waals surface area contributed by atoms with E-state index in [0.29, 0.717) is 25.6 Å². The lowest BCUT2D eigenvalue weighted by Crippen LogP contribution is -2.30. The number of carbonyl (C=O) groups is 2. The molecule has 1 rings (SSSR count). The van der Waals surface area contributed by atoms with E-state index in [1.807, 2.05) is 6.92 Å². The number of ether oxygens (including phenoxy) is 2. The van der Waals surface area contributed by atoms with Gasteiger partial charge in [0, 0.05) is 0 Å². The molecular formula is C19H34O4. The molecule has 1 saturated carbocycles. The first-order chi connectivity index (χ1) is 11.1. The van der Waals surface area contributed by atoms with Crippen LogP contribution in [0, 0.1) is 17.8 Å². The predicted octanol–water partition coefficient (Wildman–Crippen LogP) is 4.51. The molecule has 4 nitrogen and oxygen atoms in total. The average Bonchev–Trinajstić information content (AvgIpc) is 2.59. The molecule has 1 aliphatic carbocycles. The van der Waals surface area contributed by atoms with Gasteiger partial charge in [0.1, 0.15) is 0 Å². The van der Waals surface area contributed by atoms with Crippen molar-refractivity contribution in [2.24, 2.45) is 17.8 Å². The zero-order valence-electron chi connectivity index (χ0n) is 15.1. The summed E-state index contributed by atoms with van der Waals surface area (Å²) in [5, 5.41) is 0. The van der Waals surface area contributed by atoms with Gasteiger partial charge in [0.05, 0.1) is 25.0 Å². The maximum atomic E-state index is 12.3. The zero-order chi connectivity index (χ0) is 17.1. The molecular weight excluding hydrogens is 292 g/mol. The molecule has 1 aliphatic rings. The van der Waals surface area contributed by atoms with Crippen molar-refractivity contribution in [1.82, 2.24) is 0 Å². The molecule has 0 aromatic heterocycles. The summed E-state index contributed by atoms with van der Waals surface area (Å²) in [6, 6.07) is 0. The second-order valence-corrected chi connectivity index (χ2v) is 6.77. The minimum absolute atomic E-state index is 0.118. The highest BCUT2D eigenvalue weighted by atomic mass is 16.5. The van der Waals surface area contributed by atoms with Gasteiger partial charge in [0.2, 0.25) is 0 Å². The van der Waals surface area contributed by atoms with Gasteiger partial charge < -0.3 is 9.47 Å². The number of unbranched alkanes of at least 4 members (excludes halogenated alkanes) is 1. The minimum atomic E-state index is -0.140. The van der Waals surface area contributed by atoms with Crippen LogP contribution in [0.1, 0.15) is 78.6 Å². The summed E-state index contributed by atoms with van der Waals surface area (Å²) in [7, 11) is 0. The number of carbonyl (C=O) groups excluding carboxylic acids is 2. The highest BCUT2D eigenvalue weighted by Gasteiger charge is 2.33. The lowest BCUT2D eigenvalue weighted by Gasteiger charge is -2.27. The molecule has 0 bridgehead atoms. The third-order valence-corrected chi connectivity index (χ3v) is 4.79. The Bertz CT molecular complexity index is 353. The Morgan fingerprint density at radius 1 is 1.00 bits per heavy atom. The monoisotopic (exact) mass is 326 g/mol. The Kier molecular flexibility index (Phi) is 9.97. The molecule has 134 valence electrons. The van der Waals surface area contributed by atoms with E-state index in [4.69, 9.17) is 9.47 Å². The second-order valence-electron chi connectivity index (χ2n) is 6.77. The van der Waals surface area contributed by atoms with E-state index in [-0.39, 0.29) is 23.8 Å². The van der Waals surface area contributed by atoms with Gasteiger partial charge in [-0.2, -0.15) is 0 Å². The number of hydrogen-bond donors (Lipinski definition) is 0. The fraction of sp³-hybridized carbons (Fsp3) is 0.895. The zero-order valence-corrected chi connectivity index (χ0v) is 15.1. The highest BCUT2D eigenvalue weighted by Crippen LogP contribution is 2.31. The summed E-state index contributed by atoms with van der Waals surface area (Å²) in [4.78, 5) is 24.3. The number of esters is 2. The molecule has 3 atom stereocenters. The highest BCUT2D eigenvalue weighted by molar-refractivity contribution is 5.76. The van der Waals surface area contributed by atoms with Crippen LogP contribution in [-0.4, -0.2) is 25.2 Å². The van der Waals surface area contributed by atoms with E-state index in [1.54, 1.807) is 0 Å². The Balaban J connectivity index is 2.38. The quantitative estimate of drug-likeness (QED) is 0.554. The topological polar surface area (TPSA) is 52.6 Å².